The van der Waals surface area contributed by atoms with Crippen molar-refractivity contribution < 1.29 is 63.7 Å². The largest absolute Gasteiger partial charge is 0.504 e. The van der Waals surface area contributed by atoms with Crippen LogP contribution in [0.2, 0.25) is 0 Å². The molecule has 280 valence electrons. The quantitative estimate of drug-likeness (QED) is 0.0367. The minimum Gasteiger partial charge on any atom is -0.504 e. The van der Waals surface area contributed by atoms with E-state index in [4.69, 9.17) is 14.2 Å². The smallest absolute Gasteiger partial charge is 0.307 e. The van der Waals surface area contributed by atoms with E-state index >= 15 is 4.79 Å². The Kier molecular flexibility index (Phi) is 9.83. The summed E-state index contributed by atoms with van der Waals surface area (Å²) < 4.78 is 15.6. The summed E-state index contributed by atoms with van der Waals surface area (Å²) in [6.07, 6.45) is -1.41. The lowest BCUT2D eigenvalue weighted by Gasteiger charge is -2.27. The molecular weight excluding hydrogens is 710 g/mol. The van der Waals surface area contributed by atoms with Gasteiger partial charge in [-0.3, -0.25) is 33.6 Å². The number of anilines is 1. The summed E-state index contributed by atoms with van der Waals surface area (Å²) in [6, 6.07) is 2.42. The molecule has 16 nitrogen and oxygen atoms in total. The molecule has 54 heavy (non-hydrogen) atoms. The van der Waals surface area contributed by atoms with Gasteiger partial charge in [0.2, 0.25) is 6.23 Å². The summed E-state index contributed by atoms with van der Waals surface area (Å²) >= 11 is 0. The Morgan fingerprint density at radius 3 is 2.11 bits per heavy atom. The van der Waals surface area contributed by atoms with Crippen molar-refractivity contribution in [3.8, 4) is 11.5 Å². The van der Waals surface area contributed by atoms with Crippen LogP contribution in [0.5, 0.6) is 11.5 Å². The summed E-state index contributed by atoms with van der Waals surface area (Å²) in [5.74, 6) is -7.05. The number of rotatable bonds is 16. The number of methoxy groups -OCH3 is 1. The number of allylic oxidation sites excluding steroid dienone is 1. The monoisotopic (exact) mass is 743 g/mol. The highest BCUT2D eigenvalue weighted by molar-refractivity contribution is 6.39. The number of carboxylic acids is 2. The van der Waals surface area contributed by atoms with E-state index in [-0.39, 0.29) is 95.3 Å². The number of hydrogen-bond donors (Lipinski definition) is 6. The molecule has 6 N–H and O–H groups in total. The van der Waals surface area contributed by atoms with E-state index < -0.39 is 85.1 Å². The van der Waals surface area contributed by atoms with Crippen molar-refractivity contribution in [3.63, 3.8) is 0 Å². The van der Waals surface area contributed by atoms with Gasteiger partial charge in [0.05, 0.1) is 49.4 Å². The number of fused-ring (bicyclic) bond motifs is 1. The maximum Gasteiger partial charge on any atom is 0.307 e. The van der Waals surface area contributed by atoms with Crippen molar-refractivity contribution in [2.45, 2.75) is 52.0 Å². The van der Waals surface area contributed by atoms with E-state index in [9.17, 15) is 54.3 Å². The number of carbonyl (C=O) groups is 5. The lowest BCUT2D eigenvalue weighted by molar-refractivity contribution is -0.148. The van der Waals surface area contributed by atoms with Crippen LogP contribution in [-0.4, -0.2) is 76.1 Å². The number of hydrogen-bond acceptors (Lipinski definition) is 14. The minimum atomic E-state index is -1.63. The molecule has 0 spiro atoms. The van der Waals surface area contributed by atoms with Gasteiger partial charge in [-0.15, -0.1) is 0 Å². The first-order valence-corrected chi connectivity index (χ1v) is 16.5. The molecule has 0 bridgehead atoms. The van der Waals surface area contributed by atoms with Gasteiger partial charge in [-0.1, -0.05) is 11.6 Å². The average Bonchev–Trinajstić information content (AvgIpc) is 3.25. The molecule has 0 saturated carbocycles. The van der Waals surface area contributed by atoms with Crippen molar-refractivity contribution in [2.24, 2.45) is 5.92 Å². The zero-order chi connectivity index (χ0) is 39.3. The van der Waals surface area contributed by atoms with Crippen molar-refractivity contribution >= 4 is 85.5 Å². The predicted octanol–water partition coefficient (Wildman–Crippen LogP) is 2.49. The minimum absolute atomic E-state index is 0.0435. The number of aliphatic hydroxyl groups is 2. The normalized spacial score (nSPS) is 14.9. The third-order valence-electron chi connectivity index (χ3n) is 9.98. The molecule has 16 heteroatoms. The second kappa shape index (κ2) is 14.2. The van der Waals surface area contributed by atoms with Gasteiger partial charge in [0.15, 0.2) is 22.4 Å². The standard InChI is InChI=1S/C38H33NO15/c1-14-4-19-20(5-16(38(50)51)8-24(46)47)35(48)29-21(39-23(54-13-43)11-53-12-42)6-17(9-40)26-27-18(10-41)7-22(45)30-32(27)33(28(19)31(26)29)34(25(14)15(2)44)37(52-3)36(30)49/h4,6-7,12-13,16,23,25,39-41,49H,5,8-11H2,1-3H3,(H,46,47)(H,50,51). The summed E-state index contributed by atoms with van der Waals surface area (Å²) in [5, 5.41) is 56.2. The van der Waals surface area contributed by atoms with Crippen LogP contribution in [0.1, 0.15) is 54.0 Å². The molecule has 0 amide bonds. The lowest BCUT2D eigenvalue weighted by atomic mass is 9.78. The van der Waals surface area contributed by atoms with E-state index in [0.717, 1.165) is 6.07 Å². The fourth-order valence-electron chi connectivity index (χ4n) is 8.02. The Hall–Kier alpha value is -6.39. The summed E-state index contributed by atoms with van der Waals surface area (Å²) in [6.45, 7) is 1.03. The molecule has 0 aromatic heterocycles. The maximum atomic E-state index is 15.1. The molecule has 5 aromatic rings. The molecular formula is C38H33NO15. The third-order valence-corrected chi connectivity index (χ3v) is 9.98. The number of phenols is 1. The lowest BCUT2D eigenvalue weighted by Crippen LogP contribution is -2.29. The maximum absolute atomic E-state index is 15.1. The van der Waals surface area contributed by atoms with Gasteiger partial charge in [0.25, 0.3) is 12.9 Å². The van der Waals surface area contributed by atoms with Gasteiger partial charge >= 0.3 is 11.9 Å². The molecule has 0 saturated heterocycles. The number of benzene rings is 5. The Bertz CT molecular complexity index is 2580. The van der Waals surface area contributed by atoms with E-state index in [1.807, 2.05) is 0 Å². The summed E-state index contributed by atoms with van der Waals surface area (Å²) in [7, 11) is 1.22. The number of phenolic OH excluding ortho intramolecular Hbond substituents is 1. The van der Waals surface area contributed by atoms with Crippen LogP contribution in [0.15, 0.2) is 27.3 Å². The Balaban J connectivity index is 2.02. The van der Waals surface area contributed by atoms with E-state index in [1.165, 1.54) is 26.2 Å². The van der Waals surface area contributed by atoms with Crippen LogP contribution < -0.4 is 20.9 Å². The summed E-state index contributed by atoms with van der Waals surface area (Å²) in [4.78, 5) is 89.3. The number of aliphatic hydroxyl groups excluding tert-OH is 2. The molecule has 0 aliphatic heterocycles. The van der Waals surface area contributed by atoms with E-state index in [2.05, 4.69) is 5.32 Å². The second-order valence-electron chi connectivity index (χ2n) is 13.0. The fourth-order valence-corrected chi connectivity index (χ4v) is 8.02. The predicted molar refractivity (Wildman–Crippen MR) is 192 cm³/mol. The average molecular weight is 744 g/mol. The zero-order valence-electron chi connectivity index (χ0n) is 29.0. The third kappa shape index (κ3) is 5.66. The highest BCUT2D eigenvalue weighted by Crippen LogP contribution is 2.55. The molecule has 3 unspecified atom stereocenters. The second-order valence-corrected chi connectivity index (χ2v) is 13.0. The Morgan fingerprint density at radius 1 is 0.907 bits per heavy atom. The van der Waals surface area contributed by atoms with Gasteiger partial charge in [0.1, 0.15) is 12.4 Å². The van der Waals surface area contributed by atoms with Crippen molar-refractivity contribution in [2.75, 3.05) is 19.0 Å². The van der Waals surface area contributed by atoms with Crippen LogP contribution in [0, 0.1) is 5.92 Å². The molecule has 1 aliphatic rings. The van der Waals surface area contributed by atoms with Crippen LogP contribution in [0.4, 0.5) is 5.69 Å². The van der Waals surface area contributed by atoms with Crippen molar-refractivity contribution in [1.82, 2.24) is 0 Å². The number of aromatic hydroxyl groups is 1. The van der Waals surface area contributed by atoms with Crippen molar-refractivity contribution in [3.05, 3.63) is 66.0 Å². The van der Waals surface area contributed by atoms with E-state index in [0.29, 0.717) is 5.57 Å². The topological polar surface area (TPSA) is 260 Å². The van der Waals surface area contributed by atoms with E-state index in [1.54, 1.807) is 6.92 Å². The van der Waals surface area contributed by atoms with Gasteiger partial charge < -0.3 is 45.1 Å². The van der Waals surface area contributed by atoms with Crippen LogP contribution in [-0.2, 0) is 53.1 Å². The molecule has 0 heterocycles. The first-order valence-electron chi connectivity index (χ1n) is 16.5. The number of carboxylic acid groups (broad SMARTS) is 2. The number of nitrogens with one attached hydrogen (secondary N) is 1. The highest BCUT2D eigenvalue weighted by atomic mass is 16.6. The van der Waals surface area contributed by atoms with Crippen LogP contribution >= 0.6 is 0 Å². The van der Waals surface area contributed by atoms with Gasteiger partial charge in [0, 0.05) is 27.6 Å². The van der Waals surface area contributed by atoms with Gasteiger partial charge in [-0.05, 0) is 70.6 Å². The molecule has 0 radical (unpaired) electrons. The highest BCUT2D eigenvalue weighted by Gasteiger charge is 2.37. The Labute approximate surface area is 303 Å². The SMILES string of the molecule is COc1c(O)c2c(=O)cc(CO)c3c4c(CO)cc(NC(COC=O)OC=O)c5c(=O)c(CC(CC(=O)O)C(=O)O)c6c(c(c1C(C(C)=O)C(C)=C6)c23)c54. The zero-order valence-corrected chi connectivity index (χ0v) is 29.0. The molecule has 6 rings (SSSR count). The van der Waals surface area contributed by atoms with Gasteiger partial charge in [-0.2, -0.15) is 0 Å². The first kappa shape index (κ1) is 37.4. The molecule has 3 atom stereocenters. The number of Topliss-reactive ketones (excluding diaryl/α,β-unsaturated/α-hetero) is 1. The van der Waals surface area contributed by atoms with Crippen LogP contribution in [0.3, 0.4) is 0 Å². The number of aliphatic carboxylic acids is 2. The Morgan fingerprint density at radius 2 is 1.56 bits per heavy atom. The number of carbonyl (C=O) groups excluding carboxylic acids is 3. The molecule has 5 aromatic carbocycles. The molecule has 1 aliphatic carbocycles. The fraction of sp³-hybridized carbons (Fsp3) is 0.289. The number of ether oxygens (including phenoxy) is 3. The molecule has 0 fully saturated rings. The number of ketones is 1. The van der Waals surface area contributed by atoms with Crippen molar-refractivity contribution in [1.29, 1.82) is 0 Å². The van der Waals surface area contributed by atoms with Crippen LogP contribution in [0.25, 0.3) is 49.2 Å². The summed E-state index contributed by atoms with van der Waals surface area (Å²) in [5.41, 5.74) is -1.16. The van der Waals surface area contributed by atoms with Gasteiger partial charge in [-0.25, -0.2) is 0 Å². The first-order chi connectivity index (χ1) is 25.7.